The molecule has 1 aromatic heterocycles. The van der Waals surface area contributed by atoms with Crippen LogP contribution >= 0.6 is 23.2 Å². The number of anilines is 2. The molecule has 6 rings (SSSR count). The molecule has 0 radical (unpaired) electrons. The molecule has 4 aromatic rings. The minimum Gasteiger partial charge on any atom is -0.272 e. The first-order valence-corrected chi connectivity index (χ1v) is 12.8. The molecular weight excluding hydrogens is 491 g/mol. The van der Waals surface area contributed by atoms with Gasteiger partial charge in [0, 0.05) is 5.41 Å². The van der Waals surface area contributed by atoms with E-state index in [4.69, 9.17) is 33.2 Å². The van der Waals surface area contributed by atoms with E-state index >= 15 is 0 Å². The molecule has 0 saturated heterocycles. The summed E-state index contributed by atoms with van der Waals surface area (Å²) in [6.45, 7) is 6.55. The summed E-state index contributed by atoms with van der Waals surface area (Å²) < 4.78 is 0. The molecule has 1 heterocycles. The molecule has 7 heteroatoms. The highest BCUT2D eigenvalue weighted by Gasteiger charge is 2.73. The molecule has 0 spiro atoms. The third-order valence-corrected chi connectivity index (χ3v) is 9.43. The predicted octanol–water partition coefficient (Wildman–Crippen LogP) is 7.14. The van der Waals surface area contributed by atoms with Crippen LogP contribution in [-0.4, -0.2) is 15.9 Å². The van der Waals surface area contributed by atoms with Crippen molar-refractivity contribution in [3.63, 3.8) is 0 Å². The van der Waals surface area contributed by atoms with Gasteiger partial charge < -0.3 is 0 Å². The largest absolute Gasteiger partial charge is 0.272 e. The van der Waals surface area contributed by atoms with Crippen LogP contribution in [0.3, 0.4) is 0 Å². The highest BCUT2D eigenvalue weighted by Crippen LogP contribution is 2.70. The fourth-order valence-corrected chi connectivity index (χ4v) is 6.55. The van der Waals surface area contributed by atoms with E-state index in [1.54, 1.807) is 12.1 Å². The number of fused-ring (bicyclic) bond motifs is 6. The van der Waals surface area contributed by atoms with Crippen LogP contribution in [0.2, 0.25) is 10.0 Å². The Morgan fingerprint density at radius 1 is 0.806 bits per heavy atom. The Morgan fingerprint density at radius 2 is 1.31 bits per heavy atom. The topological polar surface area (TPSA) is 58.1 Å². The van der Waals surface area contributed by atoms with Crippen LogP contribution < -0.4 is 10.4 Å². The first-order chi connectivity index (χ1) is 17.2. The Hall–Kier alpha value is -3.15. The van der Waals surface area contributed by atoms with E-state index in [0.29, 0.717) is 27.5 Å². The summed E-state index contributed by atoms with van der Waals surface area (Å²) in [6.07, 6.45) is 1.53. The van der Waals surface area contributed by atoms with Crippen LogP contribution in [0.5, 0.6) is 0 Å². The van der Waals surface area contributed by atoms with Crippen molar-refractivity contribution >= 4 is 51.5 Å². The highest BCUT2D eigenvalue weighted by atomic mass is 35.5. The average Bonchev–Trinajstić information content (AvgIpc) is 3.17. The molecule has 36 heavy (non-hydrogen) atoms. The number of hydrogen-bond donors (Lipinski definition) is 1. The number of para-hydroxylation sites is 2. The lowest BCUT2D eigenvalue weighted by molar-refractivity contribution is -0.130. The van der Waals surface area contributed by atoms with Crippen LogP contribution in [0.15, 0.2) is 72.8 Å². The molecule has 1 saturated carbocycles. The average molecular weight is 517 g/mol. The fraction of sp³-hybridized carbons (Fsp3) is 0.276. The highest BCUT2D eigenvalue weighted by molar-refractivity contribution is 6.42. The van der Waals surface area contributed by atoms with Crippen molar-refractivity contribution in [3.8, 4) is 0 Å². The summed E-state index contributed by atoms with van der Waals surface area (Å²) in [4.78, 5) is 24.6. The number of nitrogens with zero attached hydrogens (tertiary/aromatic N) is 3. The first-order valence-electron chi connectivity index (χ1n) is 12.1. The van der Waals surface area contributed by atoms with E-state index < -0.39 is 10.8 Å². The Morgan fingerprint density at radius 3 is 1.83 bits per heavy atom. The number of halogens is 2. The van der Waals surface area contributed by atoms with Gasteiger partial charge in [0.15, 0.2) is 0 Å². The predicted molar refractivity (Wildman–Crippen MR) is 145 cm³/mol. The van der Waals surface area contributed by atoms with Crippen molar-refractivity contribution in [2.24, 2.45) is 5.41 Å². The normalized spacial score (nSPS) is 23.5. The van der Waals surface area contributed by atoms with Crippen molar-refractivity contribution in [1.82, 2.24) is 15.4 Å². The fourth-order valence-electron chi connectivity index (χ4n) is 6.23. The number of carbonyl (C=O) groups is 1. The minimum absolute atomic E-state index is 0.0867. The summed E-state index contributed by atoms with van der Waals surface area (Å²) in [5.74, 6) is -0.0867. The summed E-state index contributed by atoms with van der Waals surface area (Å²) in [6, 6.07) is 23.2. The molecule has 2 atom stereocenters. The maximum atomic E-state index is 14.5. The number of nitrogens with one attached hydrogen (secondary N) is 1. The summed E-state index contributed by atoms with van der Waals surface area (Å²) in [7, 11) is 0. The quantitative estimate of drug-likeness (QED) is 0.293. The van der Waals surface area contributed by atoms with E-state index in [0.717, 1.165) is 29.2 Å². The summed E-state index contributed by atoms with van der Waals surface area (Å²) in [5, 5.41) is 2.72. The first kappa shape index (κ1) is 23.3. The number of rotatable bonds is 4. The second-order valence-corrected chi connectivity index (χ2v) is 11.3. The lowest BCUT2D eigenvalue weighted by Crippen LogP contribution is -2.55. The maximum Gasteiger partial charge on any atom is 0.251 e. The van der Waals surface area contributed by atoms with Gasteiger partial charge in [0.1, 0.15) is 5.41 Å². The lowest BCUT2D eigenvalue weighted by Gasteiger charge is -2.40. The van der Waals surface area contributed by atoms with Gasteiger partial charge in [0.05, 0.1) is 43.8 Å². The monoisotopic (exact) mass is 516 g/mol. The van der Waals surface area contributed by atoms with Gasteiger partial charge in [0.25, 0.3) is 5.91 Å². The van der Waals surface area contributed by atoms with Crippen LogP contribution in [0.25, 0.3) is 11.0 Å². The molecule has 2 aliphatic rings. The molecule has 2 aliphatic carbocycles. The SMILES string of the molecule is CC12CCC(C(=O)NN(c3ccccc3)c3ccccc3)(c3nc4cc(Cl)c(Cl)cc4nc31)C2(C)C. The second-order valence-electron chi connectivity index (χ2n) is 10.5. The van der Waals surface area contributed by atoms with Crippen LogP contribution in [-0.2, 0) is 15.6 Å². The summed E-state index contributed by atoms with van der Waals surface area (Å²) in [5.41, 5.74) is 6.39. The molecule has 5 nitrogen and oxygen atoms in total. The second kappa shape index (κ2) is 7.92. The number of aromatic nitrogens is 2. The van der Waals surface area contributed by atoms with Crippen LogP contribution in [0.1, 0.15) is 45.0 Å². The van der Waals surface area contributed by atoms with E-state index in [9.17, 15) is 4.79 Å². The van der Waals surface area contributed by atoms with Crippen molar-refractivity contribution in [2.75, 3.05) is 5.01 Å². The van der Waals surface area contributed by atoms with Gasteiger partial charge in [-0.1, -0.05) is 80.4 Å². The third kappa shape index (κ3) is 2.99. The van der Waals surface area contributed by atoms with Gasteiger partial charge >= 0.3 is 0 Å². The minimum atomic E-state index is -0.855. The molecule has 2 bridgehead atoms. The zero-order valence-electron chi connectivity index (χ0n) is 20.3. The van der Waals surface area contributed by atoms with E-state index in [2.05, 4.69) is 26.2 Å². The van der Waals surface area contributed by atoms with Gasteiger partial charge in [0.2, 0.25) is 0 Å². The smallest absolute Gasteiger partial charge is 0.251 e. The Labute approximate surface area is 220 Å². The van der Waals surface area contributed by atoms with E-state index in [1.165, 1.54) is 0 Å². The van der Waals surface area contributed by atoms with Crippen molar-refractivity contribution in [3.05, 3.63) is 94.2 Å². The molecule has 1 N–H and O–H groups in total. The zero-order valence-corrected chi connectivity index (χ0v) is 21.9. The van der Waals surface area contributed by atoms with Gasteiger partial charge in [-0.3, -0.25) is 15.2 Å². The third-order valence-electron chi connectivity index (χ3n) is 8.71. The van der Waals surface area contributed by atoms with Crippen molar-refractivity contribution < 1.29 is 4.79 Å². The Kier molecular flexibility index (Phi) is 5.12. The number of hydrogen-bond acceptors (Lipinski definition) is 4. The van der Waals surface area contributed by atoms with Gasteiger partial charge in [-0.25, -0.2) is 9.97 Å². The lowest BCUT2D eigenvalue weighted by atomic mass is 9.63. The molecule has 1 fully saturated rings. The Bertz CT molecular complexity index is 1470. The van der Waals surface area contributed by atoms with Gasteiger partial charge in [-0.05, 0) is 54.7 Å². The Balaban J connectivity index is 1.51. The number of hydrazine groups is 1. The van der Waals surface area contributed by atoms with E-state index in [-0.39, 0.29) is 11.3 Å². The molecular formula is C29H26Cl2N4O. The molecule has 3 aromatic carbocycles. The molecule has 2 unspecified atom stereocenters. The van der Waals surface area contributed by atoms with Crippen molar-refractivity contribution in [1.29, 1.82) is 0 Å². The number of carbonyl (C=O) groups excluding carboxylic acids is 1. The summed E-state index contributed by atoms with van der Waals surface area (Å²) >= 11 is 12.6. The van der Waals surface area contributed by atoms with Gasteiger partial charge in [-0.2, -0.15) is 0 Å². The van der Waals surface area contributed by atoms with Crippen molar-refractivity contribution in [2.45, 2.75) is 44.4 Å². The molecule has 182 valence electrons. The standard InChI is InChI=1S/C29H26Cl2N4O/c1-27(2)28(3)14-15-29(27,25-24(28)32-22-16-20(30)21(31)17-23(22)33-25)26(36)34-35(18-10-6-4-7-11-18)19-12-8-5-9-13-19/h4-13,16-17H,14-15H2,1-3H3,(H,34,36). The molecule has 1 amide bonds. The maximum absolute atomic E-state index is 14.5. The number of benzene rings is 3. The van der Waals surface area contributed by atoms with E-state index in [1.807, 2.05) is 65.7 Å². The van der Waals surface area contributed by atoms with Gasteiger partial charge in [-0.15, -0.1) is 0 Å². The molecule has 0 aliphatic heterocycles. The zero-order chi connectivity index (χ0) is 25.3. The number of amides is 1. The van der Waals surface area contributed by atoms with Crippen LogP contribution in [0, 0.1) is 5.41 Å². The van der Waals surface area contributed by atoms with Crippen LogP contribution in [0.4, 0.5) is 11.4 Å².